The van der Waals surface area contributed by atoms with Crippen molar-refractivity contribution in [3.63, 3.8) is 0 Å². The molecule has 6 nitrogen and oxygen atoms in total. The van der Waals surface area contributed by atoms with E-state index in [1.165, 1.54) is 49.7 Å². The molecule has 1 aromatic carbocycles. The Morgan fingerprint density at radius 1 is 1.05 bits per heavy atom. The molecular formula is C32H45N3O3. The zero-order valence-corrected chi connectivity index (χ0v) is 23.9. The predicted molar refractivity (Wildman–Crippen MR) is 150 cm³/mol. The molecule has 1 aliphatic carbocycles. The van der Waals surface area contributed by atoms with E-state index in [9.17, 15) is 14.4 Å². The highest BCUT2D eigenvalue weighted by molar-refractivity contribution is 6.06. The largest absolute Gasteiger partial charge is 0.327 e. The minimum absolute atomic E-state index is 0.0257. The first kappa shape index (κ1) is 27.1. The van der Waals surface area contributed by atoms with E-state index in [-0.39, 0.29) is 41.5 Å². The van der Waals surface area contributed by atoms with E-state index in [4.69, 9.17) is 5.10 Å². The van der Waals surface area contributed by atoms with Crippen molar-refractivity contribution < 1.29 is 14.4 Å². The molecular weight excluding hydrogens is 474 g/mol. The van der Waals surface area contributed by atoms with E-state index in [0.29, 0.717) is 18.0 Å². The number of amides is 1. The average Bonchev–Trinajstić information content (AvgIpc) is 3.27. The minimum Gasteiger partial charge on any atom is -0.327 e. The van der Waals surface area contributed by atoms with Crippen LogP contribution in [0.3, 0.4) is 0 Å². The fourth-order valence-electron chi connectivity index (χ4n) is 7.37. The maximum atomic E-state index is 14.0. The third kappa shape index (κ3) is 5.20. The molecule has 0 N–H and O–H groups in total. The zero-order chi connectivity index (χ0) is 27.0. The second-order valence-electron chi connectivity index (χ2n) is 12.7. The molecule has 5 rings (SSSR count). The van der Waals surface area contributed by atoms with Gasteiger partial charge in [-0.15, -0.1) is 0 Å². The van der Waals surface area contributed by atoms with Crippen LogP contribution in [-0.4, -0.2) is 44.2 Å². The Bertz CT molecular complexity index is 1230. The summed E-state index contributed by atoms with van der Waals surface area (Å²) < 4.78 is 1.79. The van der Waals surface area contributed by atoms with Gasteiger partial charge in [0.05, 0.1) is 11.6 Å². The van der Waals surface area contributed by atoms with Gasteiger partial charge in [-0.3, -0.25) is 19.1 Å². The summed E-state index contributed by atoms with van der Waals surface area (Å²) in [6, 6.07) is 4.28. The van der Waals surface area contributed by atoms with Crippen molar-refractivity contribution in [1.29, 1.82) is 0 Å². The lowest BCUT2D eigenvalue weighted by molar-refractivity contribution is -0.139. The van der Waals surface area contributed by atoms with Gasteiger partial charge in [0.15, 0.2) is 11.6 Å². The summed E-state index contributed by atoms with van der Waals surface area (Å²) in [6.07, 6.45) is 13.8. The first-order valence-electron chi connectivity index (χ1n) is 15.1. The summed E-state index contributed by atoms with van der Waals surface area (Å²) in [6.45, 7) is 7.98. The topological polar surface area (TPSA) is 72.3 Å². The second kappa shape index (κ2) is 10.9. The second-order valence-corrected chi connectivity index (χ2v) is 12.7. The minimum atomic E-state index is -0.309. The molecule has 2 bridgehead atoms. The van der Waals surface area contributed by atoms with Gasteiger partial charge in [-0.2, -0.15) is 5.10 Å². The molecule has 3 heterocycles. The molecule has 1 aromatic heterocycles. The highest BCUT2D eigenvalue weighted by Crippen LogP contribution is 2.62. The summed E-state index contributed by atoms with van der Waals surface area (Å²) in [5, 5.41) is 5.63. The summed E-state index contributed by atoms with van der Waals surface area (Å²) in [7, 11) is 0. The van der Waals surface area contributed by atoms with Gasteiger partial charge in [0, 0.05) is 24.8 Å². The summed E-state index contributed by atoms with van der Waals surface area (Å²) in [5.41, 5.74) is 3.95. The molecule has 38 heavy (non-hydrogen) atoms. The van der Waals surface area contributed by atoms with Crippen molar-refractivity contribution in [2.24, 2.45) is 11.3 Å². The van der Waals surface area contributed by atoms with Gasteiger partial charge < -0.3 is 4.90 Å². The average molecular weight is 520 g/mol. The Morgan fingerprint density at radius 3 is 2.45 bits per heavy atom. The van der Waals surface area contributed by atoms with Gasteiger partial charge in [0.1, 0.15) is 12.2 Å². The lowest BCUT2D eigenvalue weighted by Gasteiger charge is -2.26. The number of piperidine rings is 1. The van der Waals surface area contributed by atoms with Crippen LogP contribution < -0.4 is 0 Å². The number of nitrogens with zero attached hydrogens (tertiary/aromatic N) is 3. The van der Waals surface area contributed by atoms with Crippen molar-refractivity contribution >= 4 is 28.4 Å². The van der Waals surface area contributed by atoms with Crippen LogP contribution in [0.4, 0.5) is 0 Å². The lowest BCUT2D eigenvalue weighted by atomic mass is 9.91. The van der Waals surface area contributed by atoms with Crippen LogP contribution in [0.15, 0.2) is 12.1 Å². The molecule has 0 unspecified atom stereocenters. The van der Waals surface area contributed by atoms with E-state index in [2.05, 4.69) is 26.0 Å². The number of hydrogen-bond acceptors (Lipinski definition) is 4. The van der Waals surface area contributed by atoms with E-state index >= 15 is 0 Å². The number of hydrogen-bond donors (Lipinski definition) is 0. The SMILES string of the molecule is CCC(=O)[C@@H]1C[C@]23CCCCCCCCCc4cc(CC(C)C)cc5c(C(C)=O)nn(c45)CC(=O)N1[C@@H]2C3. The van der Waals surface area contributed by atoms with E-state index in [1.807, 2.05) is 11.8 Å². The smallest absolute Gasteiger partial charge is 0.245 e. The Morgan fingerprint density at radius 2 is 1.76 bits per heavy atom. The monoisotopic (exact) mass is 519 g/mol. The highest BCUT2D eigenvalue weighted by Gasteiger charge is 2.66. The molecule has 2 fully saturated rings. The van der Waals surface area contributed by atoms with E-state index in [1.54, 1.807) is 11.6 Å². The summed E-state index contributed by atoms with van der Waals surface area (Å²) >= 11 is 0. The molecule has 1 saturated heterocycles. The number of benzene rings is 1. The number of carbonyl (C=O) groups is 3. The molecule has 0 radical (unpaired) electrons. The maximum Gasteiger partial charge on any atom is 0.245 e. The molecule has 1 saturated carbocycles. The first-order valence-corrected chi connectivity index (χ1v) is 15.1. The lowest BCUT2D eigenvalue weighted by Crippen LogP contribution is -2.44. The number of ketones is 2. The van der Waals surface area contributed by atoms with Crippen molar-refractivity contribution in [2.75, 3.05) is 0 Å². The Kier molecular flexibility index (Phi) is 7.79. The summed E-state index contributed by atoms with van der Waals surface area (Å²) in [5.74, 6) is 0.585. The quantitative estimate of drug-likeness (QED) is 0.426. The number of carbonyl (C=O) groups excluding carboxylic acids is 3. The molecule has 1 amide bonds. The van der Waals surface area contributed by atoms with Crippen molar-refractivity contribution in [3.8, 4) is 0 Å². The van der Waals surface area contributed by atoms with Crippen LogP contribution in [0.5, 0.6) is 0 Å². The predicted octanol–water partition coefficient (Wildman–Crippen LogP) is 6.45. The van der Waals surface area contributed by atoms with Gasteiger partial charge in [-0.1, -0.05) is 65.4 Å². The van der Waals surface area contributed by atoms with Crippen LogP contribution >= 0.6 is 0 Å². The molecule has 3 aliphatic rings. The molecule has 2 aromatic rings. The molecule has 6 heteroatoms. The molecule has 0 spiro atoms. The Hall–Kier alpha value is -2.50. The van der Waals surface area contributed by atoms with Gasteiger partial charge >= 0.3 is 0 Å². The maximum absolute atomic E-state index is 14.0. The number of aryl methyl sites for hydroxylation is 1. The van der Waals surface area contributed by atoms with Crippen LogP contribution in [-0.2, 0) is 29.0 Å². The van der Waals surface area contributed by atoms with Crippen LogP contribution in [0.2, 0.25) is 0 Å². The van der Waals surface area contributed by atoms with Crippen LogP contribution in [0, 0.1) is 11.3 Å². The van der Waals surface area contributed by atoms with Crippen molar-refractivity contribution in [3.05, 3.63) is 29.0 Å². The summed E-state index contributed by atoms with van der Waals surface area (Å²) in [4.78, 5) is 41.6. The normalized spacial score (nSPS) is 26.4. The van der Waals surface area contributed by atoms with E-state index in [0.717, 1.165) is 49.4 Å². The molecule has 3 atom stereocenters. The van der Waals surface area contributed by atoms with Gasteiger partial charge in [-0.05, 0) is 67.1 Å². The first-order chi connectivity index (χ1) is 18.2. The van der Waals surface area contributed by atoms with Crippen LogP contribution in [0.1, 0.15) is 120 Å². The Balaban J connectivity index is 1.56. The van der Waals surface area contributed by atoms with Crippen molar-refractivity contribution in [1.82, 2.24) is 14.7 Å². The van der Waals surface area contributed by atoms with Gasteiger partial charge in [0.25, 0.3) is 0 Å². The zero-order valence-electron chi connectivity index (χ0n) is 23.9. The van der Waals surface area contributed by atoms with Gasteiger partial charge in [0.2, 0.25) is 5.91 Å². The fraction of sp³-hybridized carbons (Fsp3) is 0.688. The Labute approximate surface area is 227 Å². The highest BCUT2D eigenvalue weighted by atomic mass is 16.2. The molecule has 2 aliphatic heterocycles. The number of rotatable bonds is 5. The van der Waals surface area contributed by atoms with Crippen molar-refractivity contribution in [2.45, 2.75) is 130 Å². The number of aromatic nitrogens is 2. The standard InChI is InChI=1S/C32H45N3O3/c1-5-27(37)26-18-32-14-12-10-8-6-7-9-11-13-24-16-23(15-21(2)3)17-25-30(22(4)36)33-34(31(24)25)20-29(38)35(26)28(32)19-32/h16-17,21,26,28H,5-15,18-20H2,1-4H3/t26-,28+,32-/m0/s1. The number of Topliss-reactive ketones (excluding diaryl/α,β-unsaturated/α-hetero) is 2. The van der Waals surface area contributed by atoms with E-state index < -0.39 is 0 Å². The van der Waals surface area contributed by atoms with Crippen LogP contribution in [0.25, 0.3) is 10.9 Å². The molecule has 206 valence electrons. The fourth-order valence-corrected chi connectivity index (χ4v) is 7.37. The third-order valence-corrected chi connectivity index (χ3v) is 9.29. The third-order valence-electron chi connectivity index (χ3n) is 9.29. The van der Waals surface area contributed by atoms with Gasteiger partial charge in [-0.25, -0.2) is 0 Å².